The normalized spacial score (nSPS) is 25.1. The largest absolute Gasteiger partial charge is 0.451 e. The molecule has 2 rings (SSSR count). The Hall–Kier alpha value is -1.98. The number of carbonyl (C=O) groups excluding carboxylic acids is 2. The van der Waals surface area contributed by atoms with E-state index in [1.54, 1.807) is 0 Å². The minimum Gasteiger partial charge on any atom is -0.451 e. The van der Waals surface area contributed by atoms with Gasteiger partial charge in [0.15, 0.2) is 12.3 Å². The number of hydrogen-bond acceptors (Lipinski definition) is 5. The molecule has 0 radical (unpaired) electrons. The van der Waals surface area contributed by atoms with Gasteiger partial charge in [-0.05, 0) is 18.3 Å². The van der Waals surface area contributed by atoms with Crippen LogP contribution in [-0.4, -0.2) is 34.5 Å². The van der Waals surface area contributed by atoms with Crippen LogP contribution in [0.5, 0.6) is 0 Å². The van der Waals surface area contributed by atoms with Crippen molar-refractivity contribution in [1.82, 2.24) is 15.3 Å². The summed E-state index contributed by atoms with van der Waals surface area (Å²) in [7, 11) is 0. The molecule has 6 nitrogen and oxygen atoms in total. The number of aromatic nitrogens is 2. The van der Waals surface area contributed by atoms with Crippen molar-refractivity contribution in [3.63, 3.8) is 0 Å². The summed E-state index contributed by atoms with van der Waals surface area (Å²) in [6.07, 6.45) is 7.49. The molecule has 1 fully saturated rings. The highest BCUT2D eigenvalue weighted by atomic mass is 16.5. The second-order valence-electron chi connectivity index (χ2n) is 5.61. The van der Waals surface area contributed by atoms with Crippen molar-refractivity contribution in [3.8, 4) is 0 Å². The van der Waals surface area contributed by atoms with Crippen molar-refractivity contribution < 1.29 is 14.3 Å². The molecule has 0 aliphatic heterocycles. The van der Waals surface area contributed by atoms with Gasteiger partial charge in [-0.3, -0.25) is 9.78 Å². The van der Waals surface area contributed by atoms with E-state index >= 15 is 0 Å². The Bertz CT molecular complexity index is 492. The Morgan fingerprint density at radius 1 is 1.33 bits per heavy atom. The number of esters is 1. The number of nitrogens with one attached hydrogen (secondary N) is 1. The van der Waals surface area contributed by atoms with Crippen LogP contribution in [0.25, 0.3) is 0 Å². The highest BCUT2D eigenvalue weighted by Gasteiger charge is 2.28. The van der Waals surface area contributed by atoms with Crippen molar-refractivity contribution in [2.45, 2.75) is 39.2 Å². The van der Waals surface area contributed by atoms with E-state index in [2.05, 4.69) is 29.1 Å². The van der Waals surface area contributed by atoms with Gasteiger partial charge in [0.05, 0.1) is 6.20 Å². The van der Waals surface area contributed by atoms with Gasteiger partial charge in [0, 0.05) is 18.4 Å². The van der Waals surface area contributed by atoms with Crippen LogP contribution < -0.4 is 5.32 Å². The van der Waals surface area contributed by atoms with E-state index in [0.717, 1.165) is 12.8 Å². The van der Waals surface area contributed by atoms with E-state index in [0.29, 0.717) is 11.8 Å². The lowest BCUT2D eigenvalue weighted by molar-refractivity contribution is -0.125. The fourth-order valence-electron chi connectivity index (χ4n) is 2.64. The molecule has 1 heterocycles. The molecule has 0 bridgehead atoms. The molecule has 1 aliphatic rings. The van der Waals surface area contributed by atoms with E-state index in [1.165, 1.54) is 25.0 Å². The van der Waals surface area contributed by atoms with Crippen molar-refractivity contribution >= 4 is 11.9 Å². The Kier molecular flexibility index (Phi) is 5.25. The zero-order chi connectivity index (χ0) is 15.2. The lowest BCUT2D eigenvalue weighted by Crippen LogP contribution is -2.45. The summed E-state index contributed by atoms with van der Waals surface area (Å²) in [5, 5.41) is 2.95. The molecule has 1 saturated carbocycles. The van der Waals surface area contributed by atoms with Crippen LogP contribution in [0.3, 0.4) is 0 Å². The van der Waals surface area contributed by atoms with Gasteiger partial charge in [-0.2, -0.15) is 0 Å². The zero-order valence-corrected chi connectivity index (χ0v) is 12.4. The second kappa shape index (κ2) is 7.15. The molecule has 114 valence electrons. The fraction of sp³-hybridized carbons (Fsp3) is 0.600. The van der Waals surface area contributed by atoms with E-state index in [4.69, 9.17) is 4.74 Å². The van der Waals surface area contributed by atoms with Crippen LogP contribution in [-0.2, 0) is 9.53 Å². The van der Waals surface area contributed by atoms with Crippen molar-refractivity contribution in [1.29, 1.82) is 0 Å². The van der Waals surface area contributed by atoms with E-state index in [1.807, 2.05) is 0 Å². The SMILES string of the molecule is C[C@@H]1[C@H](C)CCC[C@@H]1NC(=O)COC(=O)c1cnccn1. The summed E-state index contributed by atoms with van der Waals surface area (Å²) in [5.74, 6) is 0.145. The van der Waals surface area contributed by atoms with Crippen LogP contribution in [0.15, 0.2) is 18.6 Å². The predicted molar refractivity (Wildman–Crippen MR) is 76.4 cm³/mol. The third kappa shape index (κ3) is 4.24. The summed E-state index contributed by atoms with van der Waals surface area (Å²) in [6, 6.07) is 0.163. The second-order valence-corrected chi connectivity index (χ2v) is 5.61. The average molecular weight is 291 g/mol. The zero-order valence-electron chi connectivity index (χ0n) is 12.4. The number of rotatable bonds is 4. The van der Waals surface area contributed by atoms with Crippen LogP contribution in [0.2, 0.25) is 0 Å². The summed E-state index contributed by atoms with van der Waals surface area (Å²) in [5.41, 5.74) is 0.102. The quantitative estimate of drug-likeness (QED) is 0.852. The summed E-state index contributed by atoms with van der Waals surface area (Å²) >= 11 is 0. The van der Waals surface area contributed by atoms with Gasteiger partial charge in [-0.25, -0.2) is 9.78 Å². The van der Waals surface area contributed by atoms with E-state index in [-0.39, 0.29) is 24.2 Å². The molecule has 3 atom stereocenters. The maximum absolute atomic E-state index is 11.9. The topological polar surface area (TPSA) is 81.2 Å². The first-order valence-electron chi connectivity index (χ1n) is 7.30. The number of ether oxygens (including phenoxy) is 1. The average Bonchev–Trinajstić information content (AvgIpc) is 2.50. The lowest BCUT2D eigenvalue weighted by atomic mass is 9.78. The van der Waals surface area contributed by atoms with Crippen molar-refractivity contribution in [2.24, 2.45) is 11.8 Å². The molecule has 1 amide bonds. The van der Waals surface area contributed by atoms with Crippen LogP contribution in [0.1, 0.15) is 43.6 Å². The molecular formula is C15H21N3O3. The Morgan fingerprint density at radius 2 is 2.14 bits per heavy atom. The molecule has 21 heavy (non-hydrogen) atoms. The first-order valence-corrected chi connectivity index (χ1v) is 7.30. The number of hydrogen-bond donors (Lipinski definition) is 1. The van der Waals surface area contributed by atoms with Crippen LogP contribution in [0.4, 0.5) is 0 Å². The van der Waals surface area contributed by atoms with Gasteiger partial charge < -0.3 is 10.1 Å². The predicted octanol–water partition coefficient (Wildman–Crippen LogP) is 1.57. The molecule has 0 spiro atoms. The van der Waals surface area contributed by atoms with Gasteiger partial charge in [-0.1, -0.05) is 26.7 Å². The molecule has 1 aromatic heterocycles. The Balaban J connectivity index is 1.78. The number of amides is 1. The van der Waals surface area contributed by atoms with Crippen molar-refractivity contribution in [3.05, 3.63) is 24.3 Å². The first-order chi connectivity index (χ1) is 10.1. The molecule has 6 heteroatoms. The standard InChI is InChI=1S/C15H21N3O3/c1-10-4-3-5-12(11(10)2)18-14(19)9-21-15(20)13-8-16-6-7-17-13/h6-8,10-12H,3-5,9H2,1-2H3,(H,18,19)/t10-,11-,12+/m1/s1. The molecular weight excluding hydrogens is 270 g/mol. The lowest BCUT2D eigenvalue weighted by Gasteiger charge is -2.34. The first kappa shape index (κ1) is 15.4. The maximum atomic E-state index is 11.9. The minimum absolute atomic E-state index is 0.102. The van der Waals surface area contributed by atoms with Gasteiger partial charge in [0.25, 0.3) is 5.91 Å². The third-order valence-corrected chi connectivity index (χ3v) is 4.16. The Labute approximate surface area is 124 Å². The van der Waals surface area contributed by atoms with Gasteiger partial charge in [0.2, 0.25) is 0 Å². The van der Waals surface area contributed by atoms with Crippen molar-refractivity contribution in [2.75, 3.05) is 6.61 Å². The summed E-state index contributed by atoms with van der Waals surface area (Å²) < 4.78 is 4.94. The highest BCUT2D eigenvalue weighted by Crippen LogP contribution is 2.29. The third-order valence-electron chi connectivity index (χ3n) is 4.16. The van der Waals surface area contributed by atoms with Crippen LogP contribution in [0, 0.1) is 11.8 Å². The van der Waals surface area contributed by atoms with E-state index < -0.39 is 5.97 Å². The smallest absolute Gasteiger partial charge is 0.359 e. The number of carbonyl (C=O) groups is 2. The van der Waals surface area contributed by atoms with Gasteiger partial charge in [0.1, 0.15) is 0 Å². The molecule has 0 unspecified atom stereocenters. The fourth-order valence-corrected chi connectivity index (χ4v) is 2.64. The summed E-state index contributed by atoms with van der Waals surface area (Å²) in [6.45, 7) is 4.07. The molecule has 1 aliphatic carbocycles. The monoisotopic (exact) mass is 291 g/mol. The van der Waals surface area contributed by atoms with Gasteiger partial charge >= 0.3 is 5.97 Å². The molecule has 0 aromatic carbocycles. The minimum atomic E-state index is -0.636. The molecule has 0 saturated heterocycles. The number of nitrogens with zero attached hydrogens (tertiary/aromatic N) is 2. The van der Waals surface area contributed by atoms with E-state index in [9.17, 15) is 9.59 Å². The molecule has 1 N–H and O–H groups in total. The highest BCUT2D eigenvalue weighted by molar-refractivity contribution is 5.89. The molecule has 1 aromatic rings. The maximum Gasteiger partial charge on any atom is 0.359 e. The van der Waals surface area contributed by atoms with Crippen LogP contribution >= 0.6 is 0 Å². The summed E-state index contributed by atoms with van der Waals surface area (Å²) in [4.78, 5) is 31.1. The van der Waals surface area contributed by atoms with Gasteiger partial charge in [-0.15, -0.1) is 0 Å². The Morgan fingerprint density at radius 3 is 2.86 bits per heavy atom.